The Hall–Kier alpha value is -0.670. The van der Waals surface area contributed by atoms with Crippen molar-refractivity contribution in [3.63, 3.8) is 0 Å². The van der Waals surface area contributed by atoms with Crippen molar-refractivity contribution in [2.45, 2.75) is 31.6 Å². The minimum absolute atomic E-state index is 0.408. The summed E-state index contributed by atoms with van der Waals surface area (Å²) >= 11 is 1.80. The van der Waals surface area contributed by atoms with Gasteiger partial charge < -0.3 is 9.84 Å². The third-order valence-electron chi connectivity index (χ3n) is 2.59. The second kappa shape index (κ2) is 6.81. The Morgan fingerprint density at radius 1 is 1.44 bits per heavy atom. The van der Waals surface area contributed by atoms with Gasteiger partial charge in [0.25, 0.3) is 0 Å². The number of hydrogen-bond donors (Lipinski definition) is 1. The van der Waals surface area contributed by atoms with E-state index in [2.05, 4.69) is 13.8 Å². The van der Waals surface area contributed by atoms with Gasteiger partial charge >= 0.3 is 0 Å². The molecule has 0 radical (unpaired) electrons. The fraction of sp³-hybridized carbons (Fsp3) is 0.538. The Kier molecular flexibility index (Phi) is 5.71. The van der Waals surface area contributed by atoms with Gasteiger partial charge in [0, 0.05) is 11.0 Å². The summed E-state index contributed by atoms with van der Waals surface area (Å²) in [5, 5.41) is 10.6. The molecule has 3 heteroatoms. The Balaban J connectivity index is 2.54. The molecule has 2 atom stereocenters. The lowest BCUT2D eigenvalue weighted by Gasteiger charge is -2.14. The summed E-state index contributed by atoms with van der Waals surface area (Å²) < 4.78 is 5.13. The number of ether oxygens (including phenoxy) is 1. The molecule has 0 spiro atoms. The molecule has 1 rings (SSSR count). The van der Waals surface area contributed by atoms with Crippen molar-refractivity contribution in [1.82, 2.24) is 0 Å². The fourth-order valence-electron chi connectivity index (χ4n) is 1.32. The van der Waals surface area contributed by atoms with Gasteiger partial charge in [0.15, 0.2) is 0 Å². The first kappa shape index (κ1) is 13.4. The standard InChI is InChI=1S/C13H20O2S/c1-4-10(2)16-9-13(14)11-6-5-7-12(8-11)15-3/h5-8,10,13-14H,4,9H2,1-3H3. The molecule has 0 aliphatic heterocycles. The zero-order valence-electron chi connectivity index (χ0n) is 10.1. The van der Waals surface area contributed by atoms with Crippen LogP contribution in [0, 0.1) is 0 Å². The van der Waals surface area contributed by atoms with Crippen LogP contribution < -0.4 is 4.74 Å². The summed E-state index contributed by atoms with van der Waals surface area (Å²) in [5.74, 6) is 1.53. The van der Waals surface area contributed by atoms with Gasteiger partial charge in [0.1, 0.15) is 5.75 Å². The summed E-state index contributed by atoms with van der Waals surface area (Å²) in [5.41, 5.74) is 0.926. The predicted octanol–water partition coefficient (Wildman–Crippen LogP) is 3.26. The fourth-order valence-corrected chi connectivity index (χ4v) is 2.26. The molecular formula is C13H20O2S. The summed E-state index contributed by atoms with van der Waals surface area (Å²) in [4.78, 5) is 0. The van der Waals surface area contributed by atoms with E-state index in [-0.39, 0.29) is 0 Å². The quantitative estimate of drug-likeness (QED) is 0.827. The molecule has 16 heavy (non-hydrogen) atoms. The first-order chi connectivity index (χ1) is 7.67. The molecule has 1 aromatic carbocycles. The zero-order valence-corrected chi connectivity index (χ0v) is 11.0. The van der Waals surface area contributed by atoms with Crippen LogP contribution in [0.2, 0.25) is 0 Å². The van der Waals surface area contributed by atoms with Gasteiger partial charge in [-0.05, 0) is 24.1 Å². The number of benzene rings is 1. The number of rotatable bonds is 6. The Morgan fingerprint density at radius 2 is 2.19 bits per heavy atom. The van der Waals surface area contributed by atoms with Crippen LogP contribution in [0.25, 0.3) is 0 Å². The van der Waals surface area contributed by atoms with E-state index < -0.39 is 6.10 Å². The number of aliphatic hydroxyl groups is 1. The Labute approximate surface area is 102 Å². The molecule has 0 aliphatic rings. The predicted molar refractivity (Wildman–Crippen MR) is 70.2 cm³/mol. The van der Waals surface area contributed by atoms with E-state index in [9.17, 15) is 5.11 Å². The lowest BCUT2D eigenvalue weighted by molar-refractivity contribution is 0.203. The van der Waals surface area contributed by atoms with Gasteiger partial charge in [-0.1, -0.05) is 26.0 Å². The van der Waals surface area contributed by atoms with Crippen molar-refractivity contribution in [2.75, 3.05) is 12.9 Å². The highest BCUT2D eigenvalue weighted by molar-refractivity contribution is 7.99. The topological polar surface area (TPSA) is 29.5 Å². The maximum atomic E-state index is 10.0. The van der Waals surface area contributed by atoms with Crippen molar-refractivity contribution in [1.29, 1.82) is 0 Å². The van der Waals surface area contributed by atoms with Gasteiger partial charge in [-0.25, -0.2) is 0 Å². The highest BCUT2D eigenvalue weighted by Gasteiger charge is 2.10. The molecule has 1 N–H and O–H groups in total. The average Bonchev–Trinajstić information content (AvgIpc) is 2.35. The van der Waals surface area contributed by atoms with Crippen LogP contribution in [0.1, 0.15) is 31.9 Å². The number of thioether (sulfide) groups is 1. The van der Waals surface area contributed by atoms with Gasteiger partial charge in [0.2, 0.25) is 0 Å². The maximum Gasteiger partial charge on any atom is 0.119 e. The smallest absolute Gasteiger partial charge is 0.119 e. The molecule has 1 aromatic rings. The molecule has 0 saturated heterocycles. The highest BCUT2D eigenvalue weighted by Crippen LogP contribution is 2.24. The van der Waals surface area contributed by atoms with E-state index >= 15 is 0 Å². The van der Waals surface area contributed by atoms with E-state index in [1.54, 1.807) is 18.9 Å². The van der Waals surface area contributed by atoms with E-state index in [1.807, 2.05) is 24.3 Å². The molecule has 2 unspecified atom stereocenters. The molecule has 2 nitrogen and oxygen atoms in total. The lowest BCUT2D eigenvalue weighted by Crippen LogP contribution is -2.04. The summed E-state index contributed by atoms with van der Waals surface area (Å²) in [6, 6.07) is 7.62. The summed E-state index contributed by atoms with van der Waals surface area (Å²) in [6.45, 7) is 4.35. The first-order valence-corrected chi connectivity index (χ1v) is 6.65. The second-order valence-electron chi connectivity index (χ2n) is 3.84. The van der Waals surface area contributed by atoms with E-state index in [4.69, 9.17) is 4.74 Å². The largest absolute Gasteiger partial charge is 0.497 e. The molecular weight excluding hydrogens is 220 g/mol. The highest BCUT2D eigenvalue weighted by atomic mass is 32.2. The average molecular weight is 240 g/mol. The van der Waals surface area contributed by atoms with Crippen molar-refractivity contribution >= 4 is 11.8 Å². The molecule has 0 heterocycles. The van der Waals surface area contributed by atoms with E-state index in [0.29, 0.717) is 5.25 Å². The second-order valence-corrected chi connectivity index (χ2v) is 5.32. The number of methoxy groups -OCH3 is 1. The van der Waals surface area contributed by atoms with Crippen LogP contribution in [0.4, 0.5) is 0 Å². The normalized spacial score (nSPS) is 14.5. The number of aliphatic hydroxyl groups excluding tert-OH is 1. The van der Waals surface area contributed by atoms with Crippen molar-refractivity contribution < 1.29 is 9.84 Å². The molecule has 0 fully saturated rings. The Morgan fingerprint density at radius 3 is 2.81 bits per heavy atom. The third-order valence-corrected chi connectivity index (χ3v) is 4.00. The SMILES string of the molecule is CCC(C)SCC(O)c1cccc(OC)c1. The molecule has 0 amide bonds. The summed E-state index contributed by atoms with van der Waals surface area (Å²) in [6.07, 6.45) is 0.726. The van der Waals surface area contributed by atoms with E-state index in [0.717, 1.165) is 23.5 Å². The Bertz CT molecular complexity index is 315. The van der Waals surface area contributed by atoms with Gasteiger partial charge in [-0.15, -0.1) is 0 Å². The van der Waals surface area contributed by atoms with Gasteiger partial charge in [0.05, 0.1) is 13.2 Å². The molecule has 0 aromatic heterocycles. The van der Waals surface area contributed by atoms with Gasteiger partial charge in [-0.2, -0.15) is 11.8 Å². The minimum atomic E-state index is -0.408. The minimum Gasteiger partial charge on any atom is -0.497 e. The van der Waals surface area contributed by atoms with E-state index in [1.165, 1.54) is 0 Å². The van der Waals surface area contributed by atoms with Crippen molar-refractivity contribution in [3.8, 4) is 5.75 Å². The zero-order chi connectivity index (χ0) is 12.0. The van der Waals surface area contributed by atoms with Gasteiger partial charge in [-0.3, -0.25) is 0 Å². The molecule has 0 bridgehead atoms. The van der Waals surface area contributed by atoms with Crippen LogP contribution >= 0.6 is 11.8 Å². The van der Waals surface area contributed by atoms with Crippen LogP contribution in [0.5, 0.6) is 5.75 Å². The summed E-state index contributed by atoms with van der Waals surface area (Å²) in [7, 11) is 1.64. The van der Waals surface area contributed by atoms with Crippen LogP contribution in [-0.4, -0.2) is 23.2 Å². The van der Waals surface area contributed by atoms with Crippen LogP contribution in [0.15, 0.2) is 24.3 Å². The van der Waals surface area contributed by atoms with Crippen molar-refractivity contribution in [2.24, 2.45) is 0 Å². The molecule has 0 aliphatic carbocycles. The third kappa shape index (κ3) is 4.06. The van der Waals surface area contributed by atoms with Crippen LogP contribution in [0.3, 0.4) is 0 Å². The molecule has 0 saturated carbocycles. The lowest BCUT2D eigenvalue weighted by atomic mass is 10.1. The van der Waals surface area contributed by atoms with Crippen molar-refractivity contribution in [3.05, 3.63) is 29.8 Å². The maximum absolute atomic E-state index is 10.0. The monoisotopic (exact) mass is 240 g/mol. The first-order valence-electron chi connectivity index (χ1n) is 5.61. The number of hydrogen-bond acceptors (Lipinski definition) is 3. The molecule has 90 valence electrons. The van der Waals surface area contributed by atoms with Crippen LogP contribution in [-0.2, 0) is 0 Å².